The summed E-state index contributed by atoms with van der Waals surface area (Å²) in [4.78, 5) is 25.1. The van der Waals surface area contributed by atoms with Crippen LogP contribution >= 0.6 is 0 Å². The Labute approximate surface area is 559 Å². The summed E-state index contributed by atoms with van der Waals surface area (Å²) >= 11 is 0. The molecule has 1 saturated heterocycles. The van der Waals surface area contributed by atoms with E-state index in [0.717, 1.165) is 77.0 Å². The molecular weight excluding hydrogens is 1130 g/mol. The van der Waals surface area contributed by atoms with Crippen LogP contribution in [0.2, 0.25) is 0 Å². The average Bonchev–Trinajstić information content (AvgIpc) is 1.42. The van der Waals surface area contributed by atoms with Gasteiger partial charge in [-0.05, 0) is 116 Å². The molecule has 91 heavy (non-hydrogen) atoms. The Morgan fingerprint density at radius 3 is 1.21 bits per heavy atom. The van der Waals surface area contributed by atoms with Gasteiger partial charge in [0.25, 0.3) is 0 Å². The van der Waals surface area contributed by atoms with E-state index in [-0.39, 0.29) is 18.5 Å². The molecule has 1 amide bonds. The largest absolute Gasteiger partial charge is 0.466 e. The van der Waals surface area contributed by atoms with Crippen molar-refractivity contribution in [2.75, 3.05) is 19.8 Å². The number of nitrogens with one attached hydrogen (secondary N) is 1. The average molecular weight is 1280 g/mol. The molecule has 1 heterocycles. The van der Waals surface area contributed by atoms with E-state index in [2.05, 4.69) is 79.1 Å². The molecule has 1 aliphatic heterocycles. The van der Waals surface area contributed by atoms with E-state index in [1.54, 1.807) is 6.08 Å². The minimum Gasteiger partial charge on any atom is -0.466 e. The molecular formula is C80H143NO10. The van der Waals surface area contributed by atoms with Crippen LogP contribution in [-0.4, -0.2) is 100 Å². The summed E-state index contributed by atoms with van der Waals surface area (Å²) in [5, 5.41) is 54.3. The number of allylic oxidation sites excluding steroid dienone is 13. The van der Waals surface area contributed by atoms with Crippen LogP contribution in [0.5, 0.6) is 0 Å². The number of unbranched alkanes of at least 4 members (excludes halogenated alkanes) is 42. The van der Waals surface area contributed by atoms with Gasteiger partial charge in [-0.25, -0.2) is 0 Å². The van der Waals surface area contributed by atoms with Gasteiger partial charge < -0.3 is 45.1 Å². The second-order valence-electron chi connectivity index (χ2n) is 26.3. The summed E-state index contributed by atoms with van der Waals surface area (Å²) in [5.74, 6) is -0.193. The van der Waals surface area contributed by atoms with E-state index < -0.39 is 49.5 Å². The van der Waals surface area contributed by atoms with Crippen LogP contribution in [0.4, 0.5) is 0 Å². The summed E-state index contributed by atoms with van der Waals surface area (Å²) in [6.45, 7) is 4.09. The quantitative estimate of drug-likeness (QED) is 0.0195. The molecule has 11 heteroatoms. The van der Waals surface area contributed by atoms with E-state index in [9.17, 15) is 35.1 Å². The lowest BCUT2D eigenvalue weighted by Gasteiger charge is -2.40. The van der Waals surface area contributed by atoms with Gasteiger partial charge >= 0.3 is 5.97 Å². The monoisotopic (exact) mass is 1280 g/mol. The van der Waals surface area contributed by atoms with Gasteiger partial charge in [-0.15, -0.1) is 0 Å². The van der Waals surface area contributed by atoms with E-state index >= 15 is 0 Å². The first-order chi connectivity index (χ1) is 44.7. The number of hydrogen-bond donors (Lipinski definition) is 6. The molecule has 1 fully saturated rings. The van der Waals surface area contributed by atoms with Crippen molar-refractivity contribution in [3.63, 3.8) is 0 Å². The maximum Gasteiger partial charge on any atom is 0.305 e. The van der Waals surface area contributed by atoms with Gasteiger partial charge in [0.05, 0.1) is 32.0 Å². The van der Waals surface area contributed by atoms with Crippen LogP contribution in [0, 0.1) is 0 Å². The second-order valence-corrected chi connectivity index (χ2v) is 26.3. The van der Waals surface area contributed by atoms with E-state index in [0.29, 0.717) is 19.4 Å². The van der Waals surface area contributed by atoms with Gasteiger partial charge in [0, 0.05) is 12.8 Å². The van der Waals surface area contributed by atoms with E-state index in [4.69, 9.17) is 14.2 Å². The summed E-state index contributed by atoms with van der Waals surface area (Å²) in [6.07, 6.45) is 85.0. The van der Waals surface area contributed by atoms with Crippen LogP contribution in [0.25, 0.3) is 0 Å². The Morgan fingerprint density at radius 2 is 0.791 bits per heavy atom. The Kier molecular flexibility index (Phi) is 64.4. The molecule has 0 saturated carbocycles. The number of carbonyl (C=O) groups is 2. The van der Waals surface area contributed by atoms with Crippen molar-refractivity contribution in [2.24, 2.45) is 0 Å². The van der Waals surface area contributed by atoms with Crippen molar-refractivity contribution in [3.05, 3.63) is 85.1 Å². The molecule has 6 N–H and O–H groups in total. The fourth-order valence-electron chi connectivity index (χ4n) is 11.8. The molecule has 7 atom stereocenters. The predicted molar refractivity (Wildman–Crippen MR) is 384 cm³/mol. The molecule has 11 nitrogen and oxygen atoms in total. The number of aliphatic hydroxyl groups is 5. The molecule has 0 aromatic heterocycles. The molecule has 0 spiro atoms. The van der Waals surface area contributed by atoms with E-state index in [1.165, 1.54) is 244 Å². The molecule has 0 aromatic rings. The van der Waals surface area contributed by atoms with Crippen molar-refractivity contribution >= 4 is 11.9 Å². The summed E-state index contributed by atoms with van der Waals surface area (Å²) in [5.41, 5.74) is 0. The molecule has 0 aliphatic carbocycles. The van der Waals surface area contributed by atoms with Gasteiger partial charge in [-0.3, -0.25) is 9.59 Å². The SMILES string of the molecule is C/C=C/CC/C=C/CC/C=C/C(O)C(COC1OC(CO)C(O)C(O)C1O)NC(=O)CCCCCCCCCCCCCCCCCCC/C=C\C/C=C\CCCCCCCCCCCCCCCOC(=O)CCCCCCCCC/C=C\C/C=C\CCCCC. The first kappa shape index (κ1) is 85.9. The lowest BCUT2D eigenvalue weighted by Crippen LogP contribution is -2.60. The smallest absolute Gasteiger partial charge is 0.305 e. The maximum atomic E-state index is 13.0. The number of rotatable bonds is 67. The number of ether oxygens (including phenoxy) is 3. The lowest BCUT2D eigenvalue weighted by molar-refractivity contribution is -0.302. The lowest BCUT2D eigenvalue weighted by atomic mass is 9.99. The molecule has 1 aliphatic rings. The topological polar surface area (TPSA) is 175 Å². The van der Waals surface area contributed by atoms with Crippen molar-refractivity contribution in [3.8, 4) is 0 Å². The first-order valence-corrected chi connectivity index (χ1v) is 38.3. The van der Waals surface area contributed by atoms with Crippen LogP contribution in [0.1, 0.15) is 348 Å². The second kappa shape index (κ2) is 68.2. The van der Waals surface area contributed by atoms with E-state index in [1.807, 2.05) is 19.1 Å². The highest BCUT2D eigenvalue weighted by molar-refractivity contribution is 5.76. The highest BCUT2D eigenvalue weighted by Crippen LogP contribution is 2.23. The molecule has 7 unspecified atom stereocenters. The van der Waals surface area contributed by atoms with Crippen molar-refractivity contribution in [1.29, 1.82) is 0 Å². The van der Waals surface area contributed by atoms with Gasteiger partial charge in [0.1, 0.15) is 24.4 Å². The number of aliphatic hydroxyl groups excluding tert-OH is 5. The summed E-state index contributed by atoms with van der Waals surface area (Å²) in [6, 6.07) is -0.833. The highest BCUT2D eigenvalue weighted by atomic mass is 16.7. The number of hydrogen-bond acceptors (Lipinski definition) is 10. The Hall–Kier alpha value is -3.16. The van der Waals surface area contributed by atoms with Gasteiger partial charge in [-0.2, -0.15) is 0 Å². The van der Waals surface area contributed by atoms with Crippen LogP contribution in [-0.2, 0) is 23.8 Å². The highest BCUT2D eigenvalue weighted by Gasteiger charge is 2.44. The van der Waals surface area contributed by atoms with Crippen LogP contribution in [0.3, 0.4) is 0 Å². The standard InChI is InChI=1S/C80H143NO10/c1-3-5-7-9-11-13-14-15-16-38-42-45-48-52-56-60-64-68-76(85)89-69-65-61-57-53-49-46-43-40-37-35-33-31-29-27-25-23-21-19-17-18-20-22-24-26-28-30-32-34-36-39-41-44-47-51-55-59-63-67-75(84)81-72(73(83)66-62-58-54-50-12-10-8-6-4-2)71-90-80-79(88)78(87)77(86)74(70-82)91-80/h4,6,11-13,15-17,19,23,25,50,62,66,72-74,77-80,82-83,86-88H,3,5,7-10,14,18,20-22,24,26-49,51-61,63-65,67-71H2,1-2H3,(H,81,84)/b6-4+,13-11-,16-15-,19-17-,25-23-,50-12+,66-62+. The fourth-order valence-corrected chi connectivity index (χ4v) is 11.8. The van der Waals surface area contributed by atoms with Gasteiger partial charge in [0.2, 0.25) is 5.91 Å². The minimum absolute atomic E-state index is 0.00408. The molecule has 528 valence electrons. The van der Waals surface area contributed by atoms with Crippen molar-refractivity contribution < 1.29 is 49.3 Å². The molecule has 0 aromatic carbocycles. The number of amides is 1. The third kappa shape index (κ3) is 56.9. The third-order valence-electron chi connectivity index (χ3n) is 17.8. The molecule has 1 rings (SSSR count). The Balaban J connectivity index is 1.88. The Bertz CT molecular complexity index is 1790. The minimum atomic E-state index is -1.58. The maximum absolute atomic E-state index is 13.0. The van der Waals surface area contributed by atoms with Crippen LogP contribution in [0.15, 0.2) is 85.1 Å². The molecule has 0 bridgehead atoms. The zero-order valence-corrected chi connectivity index (χ0v) is 58.8. The fraction of sp³-hybridized carbons (Fsp3) is 0.800. The van der Waals surface area contributed by atoms with Crippen molar-refractivity contribution in [2.45, 2.75) is 391 Å². The first-order valence-electron chi connectivity index (χ1n) is 38.3. The summed E-state index contributed by atoms with van der Waals surface area (Å²) < 4.78 is 16.7. The zero-order valence-electron chi connectivity index (χ0n) is 58.8. The van der Waals surface area contributed by atoms with Gasteiger partial charge in [-0.1, -0.05) is 304 Å². The number of esters is 1. The zero-order chi connectivity index (χ0) is 65.8. The van der Waals surface area contributed by atoms with Gasteiger partial charge in [0.15, 0.2) is 6.29 Å². The predicted octanol–water partition coefficient (Wildman–Crippen LogP) is 20.4. The number of carbonyl (C=O) groups excluding carboxylic acids is 2. The normalized spacial score (nSPS) is 18.1. The molecule has 0 radical (unpaired) electrons. The summed E-state index contributed by atoms with van der Waals surface area (Å²) in [7, 11) is 0. The third-order valence-corrected chi connectivity index (χ3v) is 17.8. The van der Waals surface area contributed by atoms with Crippen molar-refractivity contribution in [1.82, 2.24) is 5.32 Å². The van der Waals surface area contributed by atoms with Crippen LogP contribution < -0.4 is 5.32 Å². The Morgan fingerprint density at radius 1 is 0.429 bits per heavy atom.